The van der Waals surface area contributed by atoms with E-state index in [9.17, 15) is 14.0 Å². The number of nitrogens with one attached hydrogen (secondary N) is 1. The second kappa shape index (κ2) is 11.4. The smallest absolute Gasteiger partial charge is 0.328 e. The maximum atomic E-state index is 13.1. The van der Waals surface area contributed by atoms with Gasteiger partial charge in [-0.15, -0.1) is 6.58 Å². The van der Waals surface area contributed by atoms with Gasteiger partial charge in [0, 0.05) is 0 Å². The van der Waals surface area contributed by atoms with Gasteiger partial charge in [0.15, 0.2) is 0 Å². The highest BCUT2D eigenvalue weighted by Crippen LogP contribution is 2.10. The highest BCUT2D eigenvalue weighted by atomic mass is 19.1. The van der Waals surface area contributed by atoms with Crippen LogP contribution in [0.15, 0.2) is 36.9 Å². The predicted molar refractivity (Wildman–Crippen MR) is 91.9 cm³/mol. The summed E-state index contributed by atoms with van der Waals surface area (Å²) >= 11 is 0. The summed E-state index contributed by atoms with van der Waals surface area (Å²) in [5, 5.41) is 2.69. The predicted octanol–water partition coefficient (Wildman–Crippen LogP) is 3.55. The molecule has 0 saturated carbocycles. The second-order valence-corrected chi connectivity index (χ2v) is 5.73. The molecule has 0 bridgehead atoms. The van der Waals surface area contributed by atoms with Crippen molar-refractivity contribution in [2.24, 2.45) is 0 Å². The molecule has 1 N–H and O–H groups in total. The number of allylic oxidation sites excluding steroid dienone is 1. The van der Waals surface area contributed by atoms with Crippen molar-refractivity contribution in [2.75, 3.05) is 7.11 Å². The number of benzene rings is 1. The van der Waals surface area contributed by atoms with Crippen molar-refractivity contribution in [3.63, 3.8) is 0 Å². The zero-order chi connectivity index (χ0) is 17.8. The fourth-order valence-electron chi connectivity index (χ4n) is 2.46. The second-order valence-electron chi connectivity index (χ2n) is 5.73. The number of carbonyl (C=O) groups excluding carboxylic acids is 2. The zero-order valence-corrected chi connectivity index (χ0v) is 14.2. The molecule has 0 aromatic heterocycles. The molecule has 5 heteroatoms. The summed E-state index contributed by atoms with van der Waals surface area (Å²) in [6.07, 6.45) is 7.42. The average Bonchev–Trinajstić information content (AvgIpc) is 2.56. The Bertz CT molecular complexity index is 545. The molecule has 1 rings (SSSR count). The topological polar surface area (TPSA) is 55.4 Å². The van der Waals surface area contributed by atoms with Crippen molar-refractivity contribution in [3.05, 3.63) is 48.3 Å². The summed E-state index contributed by atoms with van der Waals surface area (Å²) in [6.45, 7) is 3.68. The molecule has 4 nitrogen and oxygen atoms in total. The molecule has 0 aliphatic carbocycles. The van der Waals surface area contributed by atoms with Gasteiger partial charge in [-0.3, -0.25) is 4.79 Å². The van der Waals surface area contributed by atoms with Gasteiger partial charge in [-0.05, 0) is 37.0 Å². The Balaban J connectivity index is 2.45. The first kappa shape index (κ1) is 19.9. The van der Waals surface area contributed by atoms with Crippen molar-refractivity contribution in [2.45, 2.75) is 51.0 Å². The van der Waals surface area contributed by atoms with E-state index in [0.29, 0.717) is 12.0 Å². The van der Waals surface area contributed by atoms with Gasteiger partial charge in [-0.25, -0.2) is 9.18 Å². The molecule has 0 fully saturated rings. The van der Waals surface area contributed by atoms with E-state index in [0.717, 1.165) is 32.1 Å². The van der Waals surface area contributed by atoms with Crippen LogP contribution in [0.5, 0.6) is 0 Å². The summed E-state index contributed by atoms with van der Waals surface area (Å²) in [6, 6.07) is 5.21. The van der Waals surface area contributed by atoms with Crippen LogP contribution >= 0.6 is 0 Å². The van der Waals surface area contributed by atoms with Crippen molar-refractivity contribution >= 4 is 11.9 Å². The number of ether oxygens (including phenoxy) is 1. The Hall–Kier alpha value is -2.17. The quantitative estimate of drug-likeness (QED) is 0.382. The molecule has 1 amide bonds. The van der Waals surface area contributed by atoms with Crippen LogP contribution in [0.4, 0.5) is 4.39 Å². The van der Waals surface area contributed by atoms with E-state index in [2.05, 4.69) is 11.9 Å². The van der Waals surface area contributed by atoms with Gasteiger partial charge in [0.25, 0.3) is 0 Å². The van der Waals surface area contributed by atoms with Gasteiger partial charge in [-0.2, -0.15) is 0 Å². The van der Waals surface area contributed by atoms with Crippen LogP contribution in [-0.2, 0) is 20.7 Å². The lowest BCUT2D eigenvalue weighted by molar-refractivity contribution is -0.145. The average molecular weight is 335 g/mol. The first-order valence-corrected chi connectivity index (χ1v) is 8.29. The number of unbranched alkanes of at least 4 members (excludes halogenated alkanes) is 4. The highest BCUT2D eigenvalue weighted by molar-refractivity contribution is 5.85. The molecule has 0 heterocycles. The minimum Gasteiger partial charge on any atom is -0.467 e. The Morgan fingerprint density at radius 1 is 1.29 bits per heavy atom. The number of methoxy groups -OCH3 is 1. The number of amides is 1. The lowest BCUT2D eigenvalue weighted by Crippen LogP contribution is -2.42. The van der Waals surface area contributed by atoms with E-state index in [1.807, 2.05) is 6.08 Å². The fourth-order valence-corrected chi connectivity index (χ4v) is 2.46. The lowest BCUT2D eigenvalue weighted by Gasteiger charge is -2.16. The van der Waals surface area contributed by atoms with E-state index in [-0.39, 0.29) is 18.1 Å². The molecule has 132 valence electrons. The third-order valence-electron chi connectivity index (χ3n) is 3.73. The van der Waals surface area contributed by atoms with E-state index < -0.39 is 12.0 Å². The van der Waals surface area contributed by atoms with Crippen LogP contribution in [0, 0.1) is 5.82 Å². The normalized spacial score (nSPS) is 11.6. The van der Waals surface area contributed by atoms with Crippen LogP contribution in [0.25, 0.3) is 0 Å². The van der Waals surface area contributed by atoms with E-state index in [4.69, 9.17) is 4.74 Å². The standard InChI is InChI=1S/C19H26FNO3/c1-3-4-5-6-7-8-12-17(19(23)24-2)21-18(22)14-15-10-9-11-16(20)13-15/h3,9-11,13,17H,1,4-8,12,14H2,2H3,(H,21,22)/t17-/m0/s1. The van der Waals surface area contributed by atoms with Crippen molar-refractivity contribution in [1.82, 2.24) is 5.32 Å². The molecule has 0 saturated heterocycles. The molecule has 1 aromatic carbocycles. The minimum absolute atomic E-state index is 0.0323. The summed E-state index contributed by atoms with van der Waals surface area (Å²) in [5.41, 5.74) is 0.570. The molecule has 1 aromatic rings. The Morgan fingerprint density at radius 2 is 2.04 bits per heavy atom. The molecule has 0 aliphatic heterocycles. The highest BCUT2D eigenvalue weighted by Gasteiger charge is 2.21. The Morgan fingerprint density at radius 3 is 2.71 bits per heavy atom. The van der Waals surface area contributed by atoms with Crippen LogP contribution in [0.2, 0.25) is 0 Å². The summed E-state index contributed by atoms with van der Waals surface area (Å²) in [7, 11) is 1.30. The molecule has 1 atom stereocenters. The first-order chi connectivity index (χ1) is 11.6. The molecular weight excluding hydrogens is 309 g/mol. The SMILES string of the molecule is C=CCCCCCC[C@H](NC(=O)Cc1cccc(F)c1)C(=O)OC. The van der Waals surface area contributed by atoms with Gasteiger partial charge in [-0.1, -0.05) is 37.5 Å². The third-order valence-corrected chi connectivity index (χ3v) is 3.73. The Labute approximate surface area is 143 Å². The van der Waals surface area contributed by atoms with Gasteiger partial charge in [0.05, 0.1) is 13.5 Å². The Kier molecular flexibility index (Phi) is 9.42. The molecule has 0 radical (unpaired) electrons. The fraction of sp³-hybridized carbons (Fsp3) is 0.474. The van der Waals surface area contributed by atoms with E-state index in [1.54, 1.807) is 12.1 Å². The largest absolute Gasteiger partial charge is 0.467 e. The van der Waals surface area contributed by atoms with Crippen molar-refractivity contribution in [3.8, 4) is 0 Å². The number of hydrogen-bond donors (Lipinski definition) is 1. The molecular formula is C19H26FNO3. The molecule has 0 spiro atoms. The number of esters is 1. The number of halogens is 1. The molecule has 24 heavy (non-hydrogen) atoms. The monoisotopic (exact) mass is 335 g/mol. The van der Waals surface area contributed by atoms with Gasteiger partial charge in [0.2, 0.25) is 5.91 Å². The first-order valence-electron chi connectivity index (χ1n) is 8.29. The minimum atomic E-state index is -0.657. The number of hydrogen-bond acceptors (Lipinski definition) is 3. The maximum absolute atomic E-state index is 13.1. The zero-order valence-electron chi connectivity index (χ0n) is 14.2. The van der Waals surface area contributed by atoms with E-state index >= 15 is 0 Å². The lowest BCUT2D eigenvalue weighted by atomic mass is 10.1. The summed E-state index contributed by atoms with van der Waals surface area (Å²) < 4.78 is 17.9. The van der Waals surface area contributed by atoms with Crippen molar-refractivity contribution in [1.29, 1.82) is 0 Å². The summed E-state index contributed by atoms with van der Waals surface area (Å²) in [4.78, 5) is 23.9. The third kappa shape index (κ3) is 7.90. The molecule has 0 aliphatic rings. The van der Waals surface area contributed by atoms with Crippen LogP contribution in [-0.4, -0.2) is 25.0 Å². The summed E-state index contributed by atoms with van der Waals surface area (Å²) in [5.74, 6) is -1.15. The van der Waals surface area contributed by atoms with Gasteiger partial charge in [0.1, 0.15) is 11.9 Å². The van der Waals surface area contributed by atoms with Crippen LogP contribution in [0.3, 0.4) is 0 Å². The molecule has 0 unspecified atom stereocenters. The van der Waals surface area contributed by atoms with Gasteiger partial charge < -0.3 is 10.1 Å². The van der Waals surface area contributed by atoms with E-state index in [1.165, 1.54) is 19.2 Å². The maximum Gasteiger partial charge on any atom is 0.328 e. The van der Waals surface area contributed by atoms with Crippen LogP contribution < -0.4 is 5.32 Å². The van der Waals surface area contributed by atoms with Gasteiger partial charge >= 0.3 is 5.97 Å². The number of rotatable bonds is 11. The van der Waals surface area contributed by atoms with Crippen LogP contribution in [0.1, 0.15) is 44.1 Å². The van der Waals surface area contributed by atoms with Crippen molar-refractivity contribution < 1.29 is 18.7 Å². The number of carbonyl (C=O) groups is 2.